The molecule has 0 aliphatic carbocycles. The molecule has 1 heterocycles. The second-order valence-corrected chi connectivity index (χ2v) is 8.33. The fraction of sp³-hybridized carbons (Fsp3) is 0.259. The summed E-state index contributed by atoms with van der Waals surface area (Å²) in [5.74, 6) is 1.45. The number of fused-ring (bicyclic) bond motifs is 1. The largest absolute Gasteiger partial charge is 0.497 e. The van der Waals surface area contributed by atoms with Crippen LogP contribution in [0.1, 0.15) is 29.5 Å². The quantitative estimate of drug-likeness (QED) is 0.418. The molecule has 0 N–H and O–H groups in total. The number of methoxy groups -OCH3 is 2. The van der Waals surface area contributed by atoms with E-state index in [2.05, 4.69) is 0 Å². The average Bonchev–Trinajstić information content (AvgIpc) is 3.05. The van der Waals surface area contributed by atoms with Gasteiger partial charge in [-0.05, 0) is 48.7 Å². The van der Waals surface area contributed by atoms with Gasteiger partial charge in [-0.1, -0.05) is 41.9 Å². The fourth-order valence-corrected chi connectivity index (χ4v) is 4.11. The van der Waals surface area contributed by atoms with Gasteiger partial charge in [0.1, 0.15) is 18.1 Å². The molecule has 6 nitrogen and oxygen atoms in total. The third-order valence-corrected chi connectivity index (χ3v) is 5.95. The van der Waals surface area contributed by atoms with Gasteiger partial charge < -0.3 is 14.2 Å². The third kappa shape index (κ3) is 5.51. The van der Waals surface area contributed by atoms with Gasteiger partial charge in [0.05, 0.1) is 26.5 Å². The van der Waals surface area contributed by atoms with Crippen LogP contribution in [0, 0.1) is 0 Å². The molecule has 34 heavy (non-hydrogen) atoms. The van der Waals surface area contributed by atoms with Gasteiger partial charge in [0.15, 0.2) is 0 Å². The van der Waals surface area contributed by atoms with Crippen molar-refractivity contribution in [3.05, 3.63) is 88.4 Å². The van der Waals surface area contributed by atoms with E-state index in [4.69, 9.17) is 30.8 Å². The number of ether oxygens (including phenoxy) is 3. The van der Waals surface area contributed by atoms with E-state index in [1.54, 1.807) is 25.2 Å². The molecule has 0 saturated heterocycles. The first-order valence-electron chi connectivity index (χ1n) is 11.1. The summed E-state index contributed by atoms with van der Waals surface area (Å²) >= 11 is 6.31. The summed E-state index contributed by atoms with van der Waals surface area (Å²) in [4.78, 5) is 19.6. The van der Waals surface area contributed by atoms with Crippen molar-refractivity contribution in [3.63, 3.8) is 0 Å². The molecule has 0 fully saturated rings. The number of aliphatic imine (C=N–C) groups is 1. The number of rotatable bonds is 6. The number of carbonyl (C=O) groups excluding carboxylic acids is 1. The maximum absolute atomic E-state index is 13.0. The molecule has 3 aromatic rings. The van der Waals surface area contributed by atoms with E-state index in [-0.39, 0.29) is 6.61 Å². The average molecular weight is 479 g/mol. The Kier molecular flexibility index (Phi) is 7.70. The highest BCUT2D eigenvalue weighted by molar-refractivity contribution is 6.31. The Bertz CT molecular complexity index is 1180. The van der Waals surface area contributed by atoms with Gasteiger partial charge in [-0.15, -0.1) is 0 Å². The summed E-state index contributed by atoms with van der Waals surface area (Å²) < 4.78 is 16.4. The van der Waals surface area contributed by atoms with Crippen LogP contribution in [0.4, 0.5) is 10.5 Å². The lowest BCUT2D eigenvalue weighted by Gasteiger charge is -2.22. The maximum atomic E-state index is 13.0. The zero-order valence-electron chi connectivity index (χ0n) is 19.3. The van der Waals surface area contributed by atoms with Crippen LogP contribution < -0.4 is 14.4 Å². The molecular formula is C27H27ClN2O4. The van der Waals surface area contributed by atoms with Crippen LogP contribution >= 0.6 is 11.6 Å². The first kappa shape index (κ1) is 23.6. The molecule has 176 valence electrons. The van der Waals surface area contributed by atoms with Crippen molar-refractivity contribution < 1.29 is 19.0 Å². The lowest BCUT2D eigenvalue weighted by Crippen LogP contribution is -2.32. The Balaban J connectivity index is 1.59. The minimum Gasteiger partial charge on any atom is -0.497 e. The van der Waals surface area contributed by atoms with Crippen LogP contribution in [0.15, 0.2) is 71.7 Å². The van der Waals surface area contributed by atoms with E-state index in [0.717, 1.165) is 46.7 Å². The van der Waals surface area contributed by atoms with Crippen LogP contribution in [-0.2, 0) is 17.9 Å². The smallest absolute Gasteiger partial charge is 0.414 e. The van der Waals surface area contributed by atoms with E-state index in [1.165, 1.54) is 0 Å². The topological polar surface area (TPSA) is 60.4 Å². The predicted octanol–water partition coefficient (Wildman–Crippen LogP) is 6.28. The first-order chi connectivity index (χ1) is 16.6. The van der Waals surface area contributed by atoms with Crippen molar-refractivity contribution in [3.8, 4) is 11.5 Å². The highest BCUT2D eigenvalue weighted by Gasteiger charge is 2.25. The lowest BCUT2D eigenvalue weighted by atomic mass is 10.0. The first-order valence-corrected chi connectivity index (χ1v) is 11.5. The summed E-state index contributed by atoms with van der Waals surface area (Å²) in [6.45, 7) is 1.18. The molecular weight excluding hydrogens is 452 g/mol. The molecule has 1 amide bonds. The summed E-state index contributed by atoms with van der Waals surface area (Å²) in [6, 6.07) is 20.9. The van der Waals surface area contributed by atoms with Crippen molar-refractivity contribution >= 4 is 29.1 Å². The molecule has 0 aromatic heterocycles. The normalized spacial score (nSPS) is 14.3. The monoisotopic (exact) mass is 478 g/mol. The van der Waals surface area contributed by atoms with Gasteiger partial charge in [-0.3, -0.25) is 9.89 Å². The summed E-state index contributed by atoms with van der Waals surface area (Å²) in [5, 5.41) is 0.553. The summed E-state index contributed by atoms with van der Waals surface area (Å²) in [6.07, 6.45) is 1.09. The molecule has 3 aromatic carbocycles. The Hall–Kier alpha value is -3.51. The van der Waals surface area contributed by atoms with Crippen molar-refractivity contribution in [2.45, 2.75) is 26.0 Å². The predicted molar refractivity (Wildman–Crippen MR) is 134 cm³/mol. The Morgan fingerprint density at radius 3 is 2.62 bits per heavy atom. The zero-order valence-corrected chi connectivity index (χ0v) is 20.0. The highest BCUT2D eigenvalue weighted by Crippen LogP contribution is 2.31. The Morgan fingerprint density at radius 1 is 1.03 bits per heavy atom. The van der Waals surface area contributed by atoms with Crippen LogP contribution in [0.3, 0.4) is 0 Å². The number of amides is 1. The number of benzene rings is 3. The third-order valence-electron chi connectivity index (χ3n) is 5.72. The van der Waals surface area contributed by atoms with E-state index in [0.29, 0.717) is 23.8 Å². The molecule has 0 unspecified atom stereocenters. The fourth-order valence-electron chi connectivity index (χ4n) is 3.95. The molecule has 1 aliphatic rings. The minimum atomic E-state index is -0.398. The van der Waals surface area contributed by atoms with Crippen LogP contribution in [0.25, 0.3) is 0 Å². The van der Waals surface area contributed by atoms with Gasteiger partial charge in [-0.25, -0.2) is 4.79 Å². The van der Waals surface area contributed by atoms with Crippen molar-refractivity contribution in [1.82, 2.24) is 0 Å². The minimum absolute atomic E-state index is 0.213. The number of halogens is 1. The molecule has 1 aliphatic heterocycles. The molecule has 0 spiro atoms. The standard InChI is InChI=1S/C27H27ClN2O4/c1-32-22-12-10-20(26(16-22)33-2)17-29-24-9-6-14-30(25-15-21(28)11-13-23(24)25)27(31)34-18-19-7-4-3-5-8-19/h3-5,7-8,10-13,15-16H,6,9,14,17-18H2,1-2H3/b29-24+. The number of hydrogen-bond acceptors (Lipinski definition) is 5. The molecule has 7 heteroatoms. The molecule has 0 atom stereocenters. The van der Waals surface area contributed by atoms with E-state index >= 15 is 0 Å². The van der Waals surface area contributed by atoms with Crippen LogP contribution in [0.2, 0.25) is 5.02 Å². The number of hydrogen-bond donors (Lipinski definition) is 0. The molecule has 0 saturated carbocycles. The molecule has 0 radical (unpaired) electrons. The maximum Gasteiger partial charge on any atom is 0.414 e. The Morgan fingerprint density at radius 2 is 1.85 bits per heavy atom. The summed E-state index contributed by atoms with van der Waals surface area (Å²) in [5.41, 5.74) is 4.40. The van der Waals surface area contributed by atoms with E-state index in [9.17, 15) is 4.79 Å². The number of anilines is 1. The summed E-state index contributed by atoms with van der Waals surface area (Å²) in [7, 11) is 3.26. The lowest BCUT2D eigenvalue weighted by molar-refractivity contribution is 0.147. The Labute approximate surface area is 204 Å². The van der Waals surface area contributed by atoms with Gasteiger partial charge in [-0.2, -0.15) is 0 Å². The van der Waals surface area contributed by atoms with Crippen molar-refractivity contribution in [2.75, 3.05) is 25.7 Å². The van der Waals surface area contributed by atoms with Gasteiger partial charge >= 0.3 is 6.09 Å². The van der Waals surface area contributed by atoms with Crippen molar-refractivity contribution in [2.24, 2.45) is 4.99 Å². The van der Waals surface area contributed by atoms with Gasteiger partial charge in [0, 0.05) is 34.5 Å². The highest BCUT2D eigenvalue weighted by atomic mass is 35.5. The second-order valence-electron chi connectivity index (χ2n) is 7.90. The van der Waals surface area contributed by atoms with Crippen LogP contribution in [0.5, 0.6) is 11.5 Å². The second kappa shape index (κ2) is 11.1. The molecule has 4 rings (SSSR count). The van der Waals surface area contributed by atoms with Crippen molar-refractivity contribution in [1.29, 1.82) is 0 Å². The zero-order chi connectivity index (χ0) is 23.9. The van der Waals surface area contributed by atoms with E-state index in [1.807, 2.05) is 60.7 Å². The molecule has 0 bridgehead atoms. The SMILES string of the molecule is COc1ccc(C/N=C2\CCCN(C(=O)OCc3ccccc3)c3cc(Cl)ccc32)c(OC)c1. The van der Waals surface area contributed by atoms with Gasteiger partial charge in [0.25, 0.3) is 0 Å². The number of nitrogens with zero attached hydrogens (tertiary/aromatic N) is 2. The number of carbonyl (C=O) groups is 1. The van der Waals surface area contributed by atoms with E-state index < -0.39 is 6.09 Å². The van der Waals surface area contributed by atoms with Gasteiger partial charge in [0.2, 0.25) is 0 Å². The van der Waals surface area contributed by atoms with Crippen LogP contribution in [-0.4, -0.2) is 32.6 Å².